The lowest BCUT2D eigenvalue weighted by Gasteiger charge is -2.46. The molecule has 0 N–H and O–H groups in total. The third-order valence-corrected chi connectivity index (χ3v) is 13.3. The lowest BCUT2D eigenvalue weighted by molar-refractivity contribution is -0.118. The Hall–Kier alpha value is -3.67. The van der Waals surface area contributed by atoms with Crippen LogP contribution in [-0.4, -0.2) is 76.7 Å². The lowest BCUT2D eigenvalue weighted by Crippen LogP contribution is -2.49. The number of aryl methyl sites for hydroxylation is 2. The average molecular weight is 721 g/mol. The highest BCUT2D eigenvalue weighted by Crippen LogP contribution is 2.47. The van der Waals surface area contributed by atoms with Crippen LogP contribution in [0.3, 0.4) is 0 Å². The molecule has 50 heavy (non-hydrogen) atoms. The number of hydrogen-bond acceptors (Lipinski definition) is 8. The Morgan fingerprint density at radius 3 is 2.82 bits per heavy atom. The van der Waals surface area contributed by atoms with Gasteiger partial charge in [-0.15, -0.1) is 0 Å². The van der Waals surface area contributed by atoms with Gasteiger partial charge in [-0.2, -0.15) is 9.46 Å². The van der Waals surface area contributed by atoms with Crippen molar-refractivity contribution in [3.63, 3.8) is 0 Å². The summed E-state index contributed by atoms with van der Waals surface area (Å²) in [5, 5.41) is 4.79. The summed E-state index contributed by atoms with van der Waals surface area (Å²) in [6.07, 6.45) is 12.0. The van der Waals surface area contributed by atoms with Gasteiger partial charge in [0.15, 0.2) is 5.78 Å². The van der Waals surface area contributed by atoms with Gasteiger partial charge < -0.3 is 19.1 Å². The third-order valence-electron chi connectivity index (χ3n) is 10.9. The molecule has 5 atom stereocenters. The number of aromatic nitrogens is 2. The van der Waals surface area contributed by atoms with Crippen molar-refractivity contribution in [2.45, 2.75) is 56.5 Å². The maximum atomic E-state index is 14.3. The van der Waals surface area contributed by atoms with Crippen LogP contribution in [0.2, 0.25) is 5.02 Å². The highest BCUT2D eigenvalue weighted by atomic mass is 35.5. The van der Waals surface area contributed by atoms with E-state index in [9.17, 15) is 13.8 Å². The second-order valence-corrected chi connectivity index (χ2v) is 17.1. The van der Waals surface area contributed by atoms with Gasteiger partial charge in [-0.1, -0.05) is 29.8 Å². The first-order valence-corrected chi connectivity index (χ1v) is 19.8. The molecule has 1 aromatic heterocycles. The van der Waals surface area contributed by atoms with Crippen LogP contribution in [-0.2, 0) is 38.1 Å². The summed E-state index contributed by atoms with van der Waals surface area (Å²) >= 11 is 6.45. The number of anilines is 1. The molecule has 0 radical (unpaired) electrons. The second-order valence-electron chi connectivity index (χ2n) is 14.2. The van der Waals surface area contributed by atoms with Crippen molar-refractivity contribution in [3.05, 3.63) is 82.5 Å². The van der Waals surface area contributed by atoms with Gasteiger partial charge in [-0.05, 0) is 98.2 Å². The summed E-state index contributed by atoms with van der Waals surface area (Å²) in [6, 6.07) is 13.3. The van der Waals surface area contributed by atoms with Crippen LogP contribution in [0.25, 0.3) is 0 Å². The van der Waals surface area contributed by atoms with Crippen LogP contribution in [0.5, 0.6) is 11.6 Å². The van der Waals surface area contributed by atoms with E-state index in [0.717, 1.165) is 55.9 Å². The summed E-state index contributed by atoms with van der Waals surface area (Å²) in [7, 11) is 0.230. The molecule has 12 heteroatoms. The van der Waals surface area contributed by atoms with E-state index in [2.05, 4.69) is 38.6 Å². The zero-order valence-corrected chi connectivity index (χ0v) is 30.3. The number of ether oxygens (including phenoxy) is 3. The highest BCUT2D eigenvalue weighted by molar-refractivity contribution is 7.94. The van der Waals surface area contributed by atoms with E-state index in [-0.39, 0.29) is 29.6 Å². The van der Waals surface area contributed by atoms with Crippen molar-refractivity contribution in [2.75, 3.05) is 49.8 Å². The molecular formula is C38H45ClN4O6S. The molecule has 2 aromatic carbocycles. The first-order valence-electron chi connectivity index (χ1n) is 17.5. The smallest absolute Gasteiger partial charge is 0.285 e. The Morgan fingerprint density at radius 2 is 2.04 bits per heavy atom. The van der Waals surface area contributed by atoms with Crippen LogP contribution in [0.1, 0.15) is 60.0 Å². The normalized spacial score (nSPS) is 28.7. The average Bonchev–Trinajstić information content (AvgIpc) is 3.43. The Bertz CT molecular complexity index is 1920. The van der Waals surface area contributed by atoms with Crippen molar-refractivity contribution >= 4 is 38.7 Å². The molecule has 2 aliphatic heterocycles. The van der Waals surface area contributed by atoms with Gasteiger partial charge in [-0.25, -0.2) is 8.89 Å². The lowest BCUT2D eigenvalue weighted by atomic mass is 9.68. The molecule has 2 bridgehead atoms. The number of carbonyl (C=O) groups excluding carboxylic acids is 2. The van der Waals surface area contributed by atoms with Gasteiger partial charge in [0.2, 0.25) is 5.88 Å². The fourth-order valence-electron chi connectivity index (χ4n) is 8.14. The third kappa shape index (κ3) is 7.22. The maximum Gasteiger partial charge on any atom is 0.285 e. The van der Waals surface area contributed by atoms with E-state index in [1.807, 2.05) is 18.2 Å². The second kappa shape index (κ2) is 14.5. The first kappa shape index (κ1) is 34.8. The van der Waals surface area contributed by atoms with E-state index >= 15 is 0 Å². The molecule has 7 rings (SSSR count). The predicted molar refractivity (Wildman–Crippen MR) is 194 cm³/mol. The number of Topliss-reactive ketones (excluding diaryl/α,β-unsaturated/α-hetero) is 1. The van der Waals surface area contributed by atoms with Crippen LogP contribution < -0.4 is 14.4 Å². The summed E-state index contributed by atoms with van der Waals surface area (Å²) in [6.45, 7) is 1.73. The number of benzene rings is 2. The molecule has 1 amide bonds. The Morgan fingerprint density at radius 1 is 1.16 bits per heavy atom. The van der Waals surface area contributed by atoms with Crippen molar-refractivity contribution in [2.24, 2.45) is 23.2 Å². The number of hydrogen-bond donors (Lipinski definition) is 0. The Labute approximate surface area is 299 Å². The number of methoxy groups -OCH3 is 1. The minimum absolute atomic E-state index is 0.0384. The number of halogens is 1. The van der Waals surface area contributed by atoms with Gasteiger partial charge in [0, 0.05) is 55.1 Å². The molecule has 1 fully saturated rings. The Kier molecular flexibility index (Phi) is 10.1. The van der Waals surface area contributed by atoms with Crippen LogP contribution in [0.15, 0.2) is 65.2 Å². The zero-order chi connectivity index (χ0) is 34.9. The number of amides is 1. The number of allylic oxidation sites excluding steroid dienone is 1. The van der Waals surface area contributed by atoms with E-state index in [1.165, 1.54) is 15.8 Å². The van der Waals surface area contributed by atoms with E-state index in [4.69, 9.17) is 25.8 Å². The highest BCUT2D eigenvalue weighted by Gasteiger charge is 2.44. The molecule has 4 aliphatic rings. The molecule has 0 unspecified atom stereocenters. The molecule has 1 saturated carbocycles. The van der Waals surface area contributed by atoms with Crippen molar-refractivity contribution in [1.82, 2.24) is 9.78 Å². The number of fused-ring (bicyclic) bond motifs is 4. The largest absolute Gasteiger partial charge is 0.490 e. The van der Waals surface area contributed by atoms with Crippen molar-refractivity contribution < 1.29 is 28.0 Å². The van der Waals surface area contributed by atoms with Gasteiger partial charge in [0.05, 0.1) is 40.1 Å². The first-order chi connectivity index (χ1) is 24.1. The van der Waals surface area contributed by atoms with Gasteiger partial charge in [0.25, 0.3) is 5.91 Å². The van der Waals surface area contributed by atoms with Crippen molar-refractivity contribution in [1.29, 1.82) is 0 Å². The number of ketones is 1. The molecule has 1 spiro atoms. The van der Waals surface area contributed by atoms with Crippen LogP contribution in [0, 0.1) is 11.8 Å². The fourth-order valence-corrected chi connectivity index (χ4v) is 10.2. The molecule has 266 valence electrons. The quantitative estimate of drug-likeness (QED) is 0.277. The summed E-state index contributed by atoms with van der Waals surface area (Å²) < 4.78 is 38.4. The predicted octanol–water partition coefficient (Wildman–Crippen LogP) is 6.19. The Balaban J connectivity index is 1.24. The minimum Gasteiger partial charge on any atom is -0.490 e. The van der Waals surface area contributed by atoms with E-state index in [0.29, 0.717) is 48.5 Å². The van der Waals surface area contributed by atoms with E-state index in [1.54, 1.807) is 32.5 Å². The monoisotopic (exact) mass is 720 g/mol. The number of rotatable bonds is 6. The van der Waals surface area contributed by atoms with Gasteiger partial charge in [-0.3, -0.25) is 9.59 Å². The maximum absolute atomic E-state index is 14.3. The van der Waals surface area contributed by atoms with Gasteiger partial charge in [0.1, 0.15) is 12.4 Å². The number of nitrogens with zero attached hydrogens (tertiary/aromatic N) is 4. The fraction of sp³-hybridized carbons (Fsp3) is 0.500. The molecule has 2 aliphatic carbocycles. The topological polar surface area (TPSA) is 112 Å². The summed E-state index contributed by atoms with van der Waals surface area (Å²) in [5.41, 5.74) is 3.45. The minimum atomic E-state index is -3.24. The zero-order valence-electron chi connectivity index (χ0n) is 28.7. The molecule has 10 nitrogen and oxygen atoms in total. The van der Waals surface area contributed by atoms with Gasteiger partial charge >= 0.3 is 0 Å². The summed E-state index contributed by atoms with van der Waals surface area (Å²) in [4.78, 5) is 29.3. The molecule has 0 saturated heterocycles. The molecule has 3 aromatic rings. The van der Waals surface area contributed by atoms with Crippen molar-refractivity contribution in [3.8, 4) is 11.6 Å². The van der Waals surface area contributed by atoms with Crippen LogP contribution in [0.4, 0.5) is 5.69 Å². The standard InChI is InChI=1S/C38H45ClN4O6S/c1-42-36(15-17-40-42)48-22-30(44)23-50(46)18-5-3-4-8-34(47-2)31-12-9-28(31)21-43-24-38(16-6-7-26-19-29(39)11-13-32(26)38)25-49-35-14-10-27(20-33(35)43)37(45)41-50/h4,8,10-11,13-15,17,19-20,28,31,34H,3,5-7,9,12,16,18,21-25H2,1-2H3/b8-4+/t28-,31+,34-,38-,50+/m0/s1. The molecular weight excluding hydrogens is 676 g/mol. The SMILES string of the molecule is CO[C@H]1/C=C/CCC[S@@](=O)(CC(=O)COc2ccnn2C)=NC(=O)c2ccc3c(c2)N(C[C@@H]2CC[C@H]21)C[C@@]1(CCCc2cc(Cl)ccc21)CO3. The summed E-state index contributed by atoms with van der Waals surface area (Å²) in [5.74, 6) is 0.621. The number of carbonyl (C=O) groups is 2. The van der Waals surface area contributed by atoms with E-state index < -0.39 is 21.4 Å². The van der Waals surface area contributed by atoms with Crippen LogP contribution >= 0.6 is 11.6 Å². The molecule has 3 heterocycles.